The van der Waals surface area contributed by atoms with Crippen molar-refractivity contribution in [2.24, 2.45) is 0 Å². The van der Waals surface area contributed by atoms with Gasteiger partial charge in [-0.1, -0.05) is 0 Å². The van der Waals surface area contributed by atoms with Crippen molar-refractivity contribution in [3.8, 4) is 0 Å². The lowest BCUT2D eigenvalue weighted by Gasteiger charge is -1.96. The fourth-order valence-electron chi connectivity index (χ4n) is 0.999. The molecule has 0 radical (unpaired) electrons. The minimum atomic E-state index is -0.238. The zero-order valence-corrected chi connectivity index (χ0v) is 5.64. The molecule has 0 saturated carbocycles. The summed E-state index contributed by atoms with van der Waals surface area (Å²) < 4.78 is 0. The molecule has 0 unspecified atom stereocenters. The molecule has 0 spiro atoms. The average Bonchev–Trinajstić information content (AvgIpc) is 2.34. The summed E-state index contributed by atoms with van der Waals surface area (Å²) in [4.78, 5) is 17.3. The van der Waals surface area contributed by atoms with Gasteiger partial charge < -0.3 is 16.4 Å². The number of aromatic amines is 1. The third-order valence-corrected chi connectivity index (χ3v) is 1.46. The normalized spacial score (nSPS) is 13.5. The lowest BCUT2D eigenvalue weighted by Crippen LogP contribution is -2.13. The molecule has 0 amide bonds. The molecule has 58 valence electrons. The van der Waals surface area contributed by atoms with Gasteiger partial charge >= 0.3 is 0 Å². The highest BCUT2D eigenvalue weighted by Crippen LogP contribution is 2.17. The molecular weight excluding hydrogens is 146 g/mol. The van der Waals surface area contributed by atoms with Crippen LogP contribution in [0.1, 0.15) is 0 Å². The van der Waals surface area contributed by atoms with Crippen LogP contribution in [0.3, 0.4) is 0 Å². The second-order valence-corrected chi connectivity index (χ2v) is 2.21. The zero-order chi connectivity index (χ0) is 7.84. The van der Waals surface area contributed by atoms with Crippen LogP contribution in [0.2, 0.25) is 0 Å². The summed E-state index contributed by atoms with van der Waals surface area (Å²) in [5.74, 6) is 0.649. The van der Waals surface area contributed by atoms with E-state index in [9.17, 15) is 4.79 Å². The van der Waals surface area contributed by atoms with Gasteiger partial charge in [-0.3, -0.25) is 9.78 Å². The Labute approximate surface area is 61.8 Å². The van der Waals surface area contributed by atoms with Crippen molar-refractivity contribution in [2.75, 3.05) is 23.0 Å². The van der Waals surface area contributed by atoms with E-state index in [0.717, 1.165) is 0 Å². The van der Waals surface area contributed by atoms with Gasteiger partial charge in [0.1, 0.15) is 5.69 Å². The van der Waals surface area contributed by atoms with Gasteiger partial charge in [-0.05, 0) is 0 Å². The Kier molecular flexibility index (Phi) is 1.03. The SMILES string of the molecule is Nc1nc2c(c(=O)[nH]1)NCN2. The maximum atomic E-state index is 11.1. The Balaban J connectivity index is 2.70. The topological polar surface area (TPSA) is 95.8 Å². The first kappa shape index (κ1) is 6.02. The second-order valence-electron chi connectivity index (χ2n) is 2.21. The fraction of sp³-hybridized carbons (Fsp3) is 0.200. The Hall–Kier alpha value is -1.72. The van der Waals surface area contributed by atoms with Crippen LogP contribution in [0.15, 0.2) is 4.79 Å². The molecule has 1 aliphatic rings. The van der Waals surface area contributed by atoms with Crippen molar-refractivity contribution < 1.29 is 0 Å². The number of rotatable bonds is 0. The Bertz CT molecular complexity index is 343. The monoisotopic (exact) mass is 153 g/mol. The van der Waals surface area contributed by atoms with E-state index in [2.05, 4.69) is 20.6 Å². The van der Waals surface area contributed by atoms with Crippen LogP contribution in [0.4, 0.5) is 17.5 Å². The predicted octanol–water partition coefficient (Wildman–Crippen LogP) is -0.853. The van der Waals surface area contributed by atoms with Crippen molar-refractivity contribution in [3.05, 3.63) is 10.4 Å². The number of nitrogen functional groups attached to an aromatic ring is 1. The summed E-state index contributed by atoms with van der Waals surface area (Å²) in [6, 6.07) is 0. The average molecular weight is 153 g/mol. The number of nitrogens with one attached hydrogen (secondary N) is 3. The van der Waals surface area contributed by atoms with Crippen LogP contribution in [-0.2, 0) is 0 Å². The Morgan fingerprint density at radius 3 is 3.09 bits per heavy atom. The quantitative estimate of drug-likeness (QED) is 0.389. The minimum absolute atomic E-state index is 0.130. The van der Waals surface area contributed by atoms with E-state index < -0.39 is 0 Å². The van der Waals surface area contributed by atoms with Gasteiger partial charge in [0.05, 0.1) is 6.67 Å². The van der Waals surface area contributed by atoms with Crippen LogP contribution in [-0.4, -0.2) is 16.6 Å². The number of aromatic nitrogens is 2. The van der Waals surface area contributed by atoms with Gasteiger partial charge in [-0.25, -0.2) is 0 Å². The molecule has 1 aromatic rings. The van der Waals surface area contributed by atoms with Crippen molar-refractivity contribution in [1.82, 2.24) is 9.97 Å². The Morgan fingerprint density at radius 1 is 1.45 bits per heavy atom. The molecule has 2 rings (SSSR count). The number of nitrogens with two attached hydrogens (primary N) is 1. The first-order chi connectivity index (χ1) is 5.27. The number of fused-ring (bicyclic) bond motifs is 1. The van der Waals surface area contributed by atoms with Gasteiger partial charge in [-0.15, -0.1) is 0 Å². The van der Waals surface area contributed by atoms with E-state index in [0.29, 0.717) is 18.2 Å². The van der Waals surface area contributed by atoms with E-state index in [-0.39, 0.29) is 11.5 Å². The molecule has 0 aromatic carbocycles. The van der Waals surface area contributed by atoms with Crippen LogP contribution in [0.25, 0.3) is 0 Å². The van der Waals surface area contributed by atoms with E-state index in [4.69, 9.17) is 5.73 Å². The van der Waals surface area contributed by atoms with E-state index in [1.807, 2.05) is 0 Å². The highest BCUT2D eigenvalue weighted by atomic mass is 16.1. The van der Waals surface area contributed by atoms with Crippen molar-refractivity contribution >= 4 is 17.5 Å². The van der Waals surface area contributed by atoms with E-state index >= 15 is 0 Å². The molecule has 1 aromatic heterocycles. The van der Waals surface area contributed by atoms with Crippen molar-refractivity contribution in [2.45, 2.75) is 0 Å². The summed E-state index contributed by atoms with van der Waals surface area (Å²) in [6.45, 7) is 0.523. The zero-order valence-electron chi connectivity index (χ0n) is 5.64. The van der Waals surface area contributed by atoms with Gasteiger partial charge in [0.15, 0.2) is 5.82 Å². The highest BCUT2D eigenvalue weighted by molar-refractivity contribution is 5.68. The number of anilines is 3. The van der Waals surface area contributed by atoms with Crippen LogP contribution >= 0.6 is 0 Å². The third kappa shape index (κ3) is 0.794. The standard InChI is InChI=1S/C5H7N5O/c6-5-9-3-2(4(11)10-5)7-1-8-3/h7H,1H2,(H4,6,8,9,10,11). The Morgan fingerprint density at radius 2 is 2.27 bits per heavy atom. The molecular formula is C5H7N5O. The lowest BCUT2D eigenvalue weighted by molar-refractivity contribution is 1.16. The summed E-state index contributed by atoms with van der Waals surface area (Å²) >= 11 is 0. The molecule has 0 fully saturated rings. The molecule has 0 bridgehead atoms. The van der Waals surface area contributed by atoms with Crippen LogP contribution < -0.4 is 21.9 Å². The van der Waals surface area contributed by atoms with Crippen LogP contribution in [0.5, 0.6) is 0 Å². The molecule has 5 N–H and O–H groups in total. The molecule has 1 aliphatic heterocycles. The smallest absolute Gasteiger partial charge is 0.277 e. The van der Waals surface area contributed by atoms with Gasteiger partial charge in [0, 0.05) is 0 Å². The first-order valence-corrected chi connectivity index (χ1v) is 3.15. The maximum absolute atomic E-state index is 11.1. The molecule has 2 heterocycles. The predicted molar refractivity (Wildman–Crippen MR) is 41.4 cm³/mol. The van der Waals surface area contributed by atoms with Crippen molar-refractivity contribution in [3.63, 3.8) is 0 Å². The summed E-state index contributed by atoms with van der Waals surface area (Å²) in [5.41, 5.74) is 5.52. The van der Waals surface area contributed by atoms with E-state index in [1.54, 1.807) is 0 Å². The van der Waals surface area contributed by atoms with Gasteiger partial charge in [-0.2, -0.15) is 4.98 Å². The summed E-state index contributed by atoms with van der Waals surface area (Å²) in [6.07, 6.45) is 0. The second kappa shape index (κ2) is 1.88. The number of hydrogen-bond donors (Lipinski definition) is 4. The van der Waals surface area contributed by atoms with Gasteiger partial charge in [0.2, 0.25) is 5.95 Å². The number of hydrogen-bond acceptors (Lipinski definition) is 5. The molecule has 6 nitrogen and oxygen atoms in total. The van der Waals surface area contributed by atoms with E-state index in [1.165, 1.54) is 0 Å². The maximum Gasteiger partial charge on any atom is 0.277 e. The first-order valence-electron chi connectivity index (χ1n) is 3.15. The summed E-state index contributed by atoms with van der Waals surface area (Å²) in [5, 5.41) is 5.68. The number of nitrogens with zero attached hydrogens (tertiary/aromatic N) is 1. The number of H-pyrrole nitrogens is 1. The molecule has 0 saturated heterocycles. The molecule has 11 heavy (non-hydrogen) atoms. The highest BCUT2D eigenvalue weighted by Gasteiger charge is 2.14. The lowest BCUT2D eigenvalue weighted by atomic mass is 10.5. The largest absolute Gasteiger partial charge is 0.369 e. The van der Waals surface area contributed by atoms with Crippen molar-refractivity contribution in [1.29, 1.82) is 0 Å². The summed E-state index contributed by atoms with van der Waals surface area (Å²) in [7, 11) is 0. The molecule has 6 heteroatoms. The minimum Gasteiger partial charge on any atom is -0.369 e. The van der Waals surface area contributed by atoms with Gasteiger partial charge in [0.25, 0.3) is 5.56 Å². The fourth-order valence-corrected chi connectivity index (χ4v) is 0.999. The third-order valence-electron chi connectivity index (χ3n) is 1.46. The molecule has 0 atom stereocenters. The van der Waals surface area contributed by atoms with Crippen LogP contribution in [0, 0.1) is 0 Å². The molecule has 0 aliphatic carbocycles.